The Kier molecular flexibility index (Phi) is 6.34. The topological polar surface area (TPSA) is 95.6 Å². The molecular weight excluding hydrogens is 390 g/mol. The number of nitrogens with zero attached hydrogens (tertiary/aromatic N) is 1. The lowest BCUT2D eigenvalue weighted by Gasteiger charge is -2.33. The average molecular weight is 416 g/mol. The summed E-state index contributed by atoms with van der Waals surface area (Å²) in [6.45, 7) is 4.37. The third-order valence-corrected chi connectivity index (χ3v) is 6.79. The molecule has 2 aromatic rings. The van der Waals surface area contributed by atoms with Gasteiger partial charge in [-0.3, -0.25) is 9.59 Å². The molecule has 2 aromatic carbocycles. The SMILES string of the molecule is CC(C)c1ccccc1NC(=O)C[C@@H]1C(=O)NCCN1S(=O)(=O)c1ccccc1. The van der Waals surface area contributed by atoms with E-state index in [-0.39, 0.29) is 30.3 Å². The first-order valence-electron chi connectivity index (χ1n) is 9.54. The first-order chi connectivity index (χ1) is 13.8. The van der Waals surface area contributed by atoms with Gasteiger partial charge in [0.15, 0.2) is 0 Å². The van der Waals surface area contributed by atoms with E-state index in [4.69, 9.17) is 0 Å². The van der Waals surface area contributed by atoms with Crippen LogP contribution in [-0.4, -0.2) is 43.7 Å². The molecule has 154 valence electrons. The minimum Gasteiger partial charge on any atom is -0.353 e. The van der Waals surface area contributed by atoms with Crippen molar-refractivity contribution in [1.29, 1.82) is 0 Å². The standard InChI is InChI=1S/C21H25N3O4S/c1-15(2)17-10-6-7-11-18(17)23-20(25)14-19-21(26)22-12-13-24(19)29(27,28)16-8-4-3-5-9-16/h3-11,15,19H,12-14H2,1-2H3,(H,22,26)(H,23,25)/t19-/m1/s1. The smallest absolute Gasteiger partial charge is 0.243 e. The van der Waals surface area contributed by atoms with Gasteiger partial charge in [-0.1, -0.05) is 50.2 Å². The molecule has 1 fully saturated rings. The molecule has 0 aliphatic carbocycles. The Labute approximate surface area is 171 Å². The van der Waals surface area contributed by atoms with Crippen LogP contribution in [-0.2, 0) is 19.6 Å². The first-order valence-corrected chi connectivity index (χ1v) is 11.0. The van der Waals surface area contributed by atoms with Crippen LogP contribution >= 0.6 is 0 Å². The first kappa shape index (κ1) is 21.0. The van der Waals surface area contributed by atoms with Crippen LogP contribution in [0.4, 0.5) is 5.69 Å². The highest BCUT2D eigenvalue weighted by Crippen LogP contribution is 2.25. The van der Waals surface area contributed by atoms with Gasteiger partial charge in [0.2, 0.25) is 21.8 Å². The van der Waals surface area contributed by atoms with E-state index in [1.54, 1.807) is 24.3 Å². The van der Waals surface area contributed by atoms with Crippen molar-refractivity contribution in [3.8, 4) is 0 Å². The second-order valence-corrected chi connectivity index (χ2v) is 9.12. The van der Waals surface area contributed by atoms with E-state index in [2.05, 4.69) is 10.6 Å². The maximum Gasteiger partial charge on any atom is 0.243 e. The zero-order chi connectivity index (χ0) is 21.0. The Morgan fingerprint density at radius 2 is 1.79 bits per heavy atom. The summed E-state index contributed by atoms with van der Waals surface area (Å²) in [5, 5.41) is 5.49. The largest absolute Gasteiger partial charge is 0.353 e. The Bertz CT molecular complexity index is 990. The molecule has 0 radical (unpaired) electrons. The Morgan fingerprint density at radius 1 is 1.14 bits per heavy atom. The van der Waals surface area contributed by atoms with E-state index in [0.717, 1.165) is 9.87 Å². The molecule has 1 heterocycles. The molecule has 1 aliphatic rings. The number of benzene rings is 2. The van der Waals surface area contributed by atoms with E-state index in [1.165, 1.54) is 12.1 Å². The summed E-state index contributed by atoms with van der Waals surface area (Å²) in [5.74, 6) is -0.670. The normalized spacial score (nSPS) is 17.8. The van der Waals surface area contributed by atoms with Crippen LogP contribution in [0.2, 0.25) is 0 Å². The number of anilines is 1. The van der Waals surface area contributed by atoms with Crippen molar-refractivity contribution in [2.24, 2.45) is 0 Å². The highest BCUT2D eigenvalue weighted by molar-refractivity contribution is 7.89. The summed E-state index contributed by atoms with van der Waals surface area (Å²) in [7, 11) is -3.89. The van der Waals surface area contributed by atoms with Crippen LogP contribution in [0.3, 0.4) is 0 Å². The number of piperazine rings is 1. The summed E-state index contributed by atoms with van der Waals surface area (Å²) < 4.78 is 27.2. The monoisotopic (exact) mass is 415 g/mol. The summed E-state index contributed by atoms with van der Waals surface area (Å²) in [5.41, 5.74) is 1.64. The minimum atomic E-state index is -3.89. The number of amides is 2. The van der Waals surface area contributed by atoms with Crippen LogP contribution < -0.4 is 10.6 Å². The van der Waals surface area contributed by atoms with Gasteiger partial charge in [0.25, 0.3) is 0 Å². The van der Waals surface area contributed by atoms with Gasteiger partial charge >= 0.3 is 0 Å². The van der Waals surface area contributed by atoms with Gasteiger partial charge in [-0.2, -0.15) is 4.31 Å². The van der Waals surface area contributed by atoms with Crippen molar-refractivity contribution in [3.63, 3.8) is 0 Å². The maximum absolute atomic E-state index is 13.0. The van der Waals surface area contributed by atoms with Crippen molar-refractivity contribution in [2.75, 3.05) is 18.4 Å². The number of carbonyl (C=O) groups is 2. The zero-order valence-electron chi connectivity index (χ0n) is 16.5. The van der Waals surface area contributed by atoms with Gasteiger partial charge in [0.05, 0.1) is 11.3 Å². The molecule has 0 saturated carbocycles. The van der Waals surface area contributed by atoms with Crippen molar-refractivity contribution >= 4 is 27.5 Å². The fourth-order valence-corrected chi connectivity index (χ4v) is 5.00. The van der Waals surface area contributed by atoms with Gasteiger partial charge in [0.1, 0.15) is 6.04 Å². The highest BCUT2D eigenvalue weighted by atomic mass is 32.2. The second-order valence-electron chi connectivity index (χ2n) is 7.23. The molecule has 3 rings (SSSR count). The number of para-hydroxylation sites is 1. The van der Waals surface area contributed by atoms with Crippen LogP contribution in [0.25, 0.3) is 0 Å². The summed E-state index contributed by atoms with van der Waals surface area (Å²) >= 11 is 0. The molecule has 8 heteroatoms. The number of hydrogen-bond acceptors (Lipinski definition) is 4. The van der Waals surface area contributed by atoms with Gasteiger partial charge in [-0.05, 0) is 29.7 Å². The number of rotatable bonds is 6. The van der Waals surface area contributed by atoms with Gasteiger partial charge < -0.3 is 10.6 Å². The number of carbonyl (C=O) groups excluding carboxylic acids is 2. The van der Waals surface area contributed by atoms with E-state index >= 15 is 0 Å². The lowest BCUT2D eigenvalue weighted by atomic mass is 10.0. The van der Waals surface area contributed by atoms with Crippen LogP contribution in [0, 0.1) is 0 Å². The van der Waals surface area contributed by atoms with E-state index in [1.807, 2.05) is 32.0 Å². The Hall–Kier alpha value is -2.71. The summed E-state index contributed by atoms with van der Waals surface area (Å²) in [4.78, 5) is 25.2. The molecule has 2 amide bonds. The van der Waals surface area contributed by atoms with E-state index < -0.39 is 27.9 Å². The quantitative estimate of drug-likeness (QED) is 0.757. The second kappa shape index (κ2) is 8.75. The molecule has 0 unspecified atom stereocenters. The fraction of sp³-hybridized carbons (Fsp3) is 0.333. The van der Waals surface area contributed by atoms with Crippen molar-refractivity contribution < 1.29 is 18.0 Å². The fourth-order valence-electron chi connectivity index (χ4n) is 3.39. The van der Waals surface area contributed by atoms with Gasteiger partial charge in [-0.25, -0.2) is 8.42 Å². The van der Waals surface area contributed by atoms with Crippen LogP contribution in [0.15, 0.2) is 59.5 Å². The molecule has 1 aliphatic heterocycles. The van der Waals surface area contributed by atoms with Crippen LogP contribution in [0.1, 0.15) is 31.7 Å². The predicted octanol–water partition coefficient (Wildman–Crippen LogP) is 2.33. The molecule has 1 atom stereocenters. The van der Waals surface area contributed by atoms with Crippen molar-refractivity contribution in [2.45, 2.75) is 37.1 Å². The third-order valence-electron chi connectivity index (χ3n) is 4.87. The number of nitrogens with one attached hydrogen (secondary N) is 2. The number of sulfonamides is 1. The molecule has 0 spiro atoms. The third kappa shape index (κ3) is 4.65. The summed E-state index contributed by atoms with van der Waals surface area (Å²) in [6.07, 6.45) is -0.260. The molecule has 0 bridgehead atoms. The molecule has 29 heavy (non-hydrogen) atoms. The molecule has 0 aromatic heterocycles. The Balaban J connectivity index is 1.82. The maximum atomic E-state index is 13.0. The lowest BCUT2D eigenvalue weighted by molar-refractivity contribution is -0.130. The molecule has 2 N–H and O–H groups in total. The minimum absolute atomic E-state index is 0.102. The zero-order valence-corrected chi connectivity index (χ0v) is 17.3. The molecule has 1 saturated heterocycles. The van der Waals surface area contributed by atoms with Crippen molar-refractivity contribution in [1.82, 2.24) is 9.62 Å². The number of hydrogen-bond donors (Lipinski definition) is 2. The Morgan fingerprint density at radius 3 is 2.48 bits per heavy atom. The predicted molar refractivity (Wildman–Crippen MR) is 111 cm³/mol. The molecular formula is C21H25N3O4S. The summed E-state index contributed by atoms with van der Waals surface area (Å²) in [6, 6.07) is 14.3. The van der Waals surface area contributed by atoms with Gasteiger partial charge in [0, 0.05) is 18.8 Å². The molecule has 7 nitrogen and oxygen atoms in total. The van der Waals surface area contributed by atoms with Gasteiger partial charge in [-0.15, -0.1) is 0 Å². The van der Waals surface area contributed by atoms with E-state index in [0.29, 0.717) is 5.69 Å². The van der Waals surface area contributed by atoms with Crippen molar-refractivity contribution in [3.05, 3.63) is 60.2 Å². The van der Waals surface area contributed by atoms with E-state index in [9.17, 15) is 18.0 Å². The average Bonchev–Trinajstić information content (AvgIpc) is 2.70. The highest BCUT2D eigenvalue weighted by Gasteiger charge is 2.39. The lowest BCUT2D eigenvalue weighted by Crippen LogP contribution is -2.57. The van der Waals surface area contributed by atoms with Crippen LogP contribution in [0.5, 0.6) is 0 Å².